The molecule has 2 aromatic rings. The highest BCUT2D eigenvalue weighted by molar-refractivity contribution is 7.92. The molecule has 0 heterocycles. The average Bonchev–Trinajstić information content (AvgIpc) is 2.61. The fraction of sp³-hybridized carbons (Fsp3) is 0.316. The molecule has 2 aromatic carbocycles. The molecular formula is C19H23FN2O3S. The summed E-state index contributed by atoms with van der Waals surface area (Å²) >= 11 is 0. The number of carbonyl (C=O) groups is 1. The maximum absolute atomic E-state index is 13.7. The number of hydrogen-bond donors (Lipinski definition) is 1. The Balaban J connectivity index is 2.22. The van der Waals surface area contributed by atoms with Crippen LogP contribution in [0.2, 0.25) is 0 Å². The van der Waals surface area contributed by atoms with E-state index in [2.05, 4.69) is 4.72 Å². The Bertz CT molecular complexity index is 897. The van der Waals surface area contributed by atoms with E-state index < -0.39 is 15.8 Å². The highest BCUT2D eigenvalue weighted by Gasteiger charge is 2.17. The summed E-state index contributed by atoms with van der Waals surface area (Å²) in [6.07, 6.45) is 1.87. The number of halogens is 1. The van der Waals surface area contributed by atoms with Gasteiger partial charge in [0.15, 0.2) is 0 Å². The third-order valence-corrected chi connectivity index (χ3v) is 5.39. The third-order valence-electron chi connectivity index (χ3n) is 4.01. The minimum Gasteiger partial charge on any atom is -0.342 e. The molecule has 0 unspecified atom stereocenters. The molecule has 7 heteroatoms. The second-order valence-corrected chi connectivity index (χ2v) is 7.86. The molecule has 0 aromatic heterocycles. The van der Waals surface area contributed by atoms with E-state index in [-0.39, 0.29) is 16.5 Å². The first kappa shape index (κ1) is 19.9. The normalized spacial score (nSPS) is 11.2. The topological polar surface area (TPSA) is 66.5 Å². The first-order chi connectivity index (χ1) is 12.2. The van der Waals surface area contributed by atoms with Crippen LogP contribution in [0.4, 0.5) is 10.1 Å². The van der Waals surface area contributed by atoms with Crippen molar-refractivity contribution in [1.29, 1.82) is 0 Å². The van der Waals surface area contributed by atoms with Crippen molar-refractivity contribution in [3.8, 4) is 0 Å². The molecule has 1 N–H and O–H groups in total. The van der Waals surface area contributed by atoms with Crippen molar-refractivity contribution in [1.82, 2.24) is 4.90 Å². The molecule has 0 fully saturated rings. The predicted molar refractivity (Wildman–Crippen MR) is 100 cm³/mol. The van der Waals surface area contributed by atoms with Crippen LogP contribution in [0, 0.1) is 12.7 Å². The number of rotatable bonds is 7. The fourth-order valence-electron chi connectivity index (χ4n) is 2.39. The van der Waals surface area contributed by atoms with Crippen LogP contribution in [0.15, 0.2) is 47.4 Å². The van der Waals surface area contributed by atoms with Crippen molar-refractivity contribution in [3.63, 3.8) is 0 Å². The standard InChI is InChI=1S/C19H23FN2O3S/c1-4-5-11-22(3)19(23)15-7-6-8-16(12-15)21-26(24,25)17-10-9-14(2)18(20)13-17/h6-10,12-13,21H,4-5,11H2,1-3H3. The maximum atomic E-state index is 13.7. The first-order valence-electron chi connectivity index (χ1n) is 8.39. The lowest BCUT2D eigenvalue weighted by atomic mass is 10.2. The van der Waals surface area contributed by atoms with Gasteiger partial charge in [-0.1, -0.05) is 25.5 Å². The Morgan fingerprint density at radius 3 is 2.58 bits per heavy atom. The van der Waals surface area contributed by atoms with Crippen LogP contribution in [0.25, 0.3) is 0 Å². The zero-order chi connectivity index (χ0) is 19.3. The predicted octanol–water partition coefficient (Wildman–Crippen LogP) is 3.81. The van der Waals surface area contributed by atoms with Gasteiger partial charge in [0.25, 0.3) is 15.9 Å². The molecule has 5 nitrogen and oxygen atoms in total. The largest absolute Gasteiger partial charge is 0.342 e. The first-order valence-corrected chi connectivity index (χ1v) is 9.87. The number of nitrogens with zero attached hydrogens (tertiary/aromatic N) is 1. The summed E-state index contributed by atoms with van der Waals surface area (Å²) in [5, 5.41) is 0. The minimum atomic E-state index is -3.94. The maximum Gasteiger partial charge on any atom is 0.261 e. The molecule has 0 saturated heterocycles. The van der Waals surface area contributed by atoms with Gasteiger partial charge in [0.1, 0.15) is 5.82 Å². The Labute approximate surface area is 153 Å². The van der Waals surface area contributed by atoms with Gasteiger partial charge in [-0.15, -0.1) is 0 Å². The molecule has 0 aliphatic rings. The van der Waals surface area contributed by atoms with Crippen molar-refractivity contribution in [3.05, 3.63) is 59.4 Å². The summed E-state index contributed by atoms with van der Waals surface area (Å²) in [7, 11) is -2.23. The summed E-state index contributed by atoms with van der Waals surface area (Å²) in [6, 6.07) is 9.99. The monoisotopic (exact) mass is 378 g/mol. The molecule has 0 spiro atoms. The molecule has 0 atom stereocenters. The van der Waals surface area contributed by atoms with Crippen molar-refractivity contribution in [2.24, 2.45) is 0 Å². The number of sulfonamides is 1. The third kappa shape index (κ3) is 4.82. The highest BCUT2D eigenvalue weighted by atomic mass is 32.2. The summed E-state index contributed by atoms with van der Waals surface area (Å²) in [5.41, 5.74) is 1.01. The molecule has 0 radical (unpaired) electrons. The van der Waals surface area contributed by atoms with Gasteiger partial charge in [0, 0.05) is 24.8 Å². The van der Waals surface area contributed by atoms with E-state index in [1.54, 1.807) is 37.1 Å². The van der Waals surface area contributed by atoms with Gasteiger partial charge in [-0.3, -0.25) is 9.52 Å². The fourth-order valence-corrected chi connectivity index (χ4v) is 3.45. The molecule has 0 saturated carbocycles. The van der Waals surface area contributed by atoms with Gasteiger partial charge in [0.05, 0.1) is 4.90 Å². The molecule has 1 amide bonds. The Kier molecular flexibility index (Phi) is 6.37. The number of benzene rings is 2. The average molecular weight is 378 g/mol. The highest BCUT2D eigenvalue weighted by Crippen LogP contribution is 2.20. The number of aryl methyl sites for hydroxylation is 1. The van der Waals surface area contributed by atoms with Gasteiger partial charge in [-0.05, 0) is 49.2 Å². The van der Waals surface area contributed by atoms with Crippen LogP contribution < -0.4 is 4.72 Å². The molecule has 2 rings (SSSR count). The zero-order valence-corrected chi connectivity index (χ0v) is 15.9. The molecule has 26 heavy (non-hydrogen) atoms. The van der Waals surface area contributed by atoms with Crippen molar-refractivity contribution < 1.29 is 17.6 Å². The van der Waals surface area contributed by atoms with Crippen LogP contribution in [-0.2, 0) is 10.0 Å². The molecule has 0 aliphatic carbocycles. The lowest BCUT2D eigenvalue weighted by Crippen LogP contribution is -2.27. The second kappa shape index (κ2) is 8.31. The van der Waals surface area contributed by atoms with Crippen molar-refractivity contribution >= 4 is 21.6 Å². The van der Waals surface area contributed by atoms with Crippen LogP contribution >= 0.6 is 0 Å². The number of unbranched alkanes of at least 4 members (excludes halogenated alkanes) is 1. The summed E-state index contributed by atoms with van der Waals surface area (Å²) in [6.45, 7) is 4.23. The molecule has 140 valence electrons. The van der Waals surface area contributed by atoms with Crippen LogP contribution in [0.3, 0.4) is 0 Å². The van der Waals surface area contributed by atoms with Crippen LogP contribution in [-0.4, -0.2) is 32.8 Å². The molecular weight excluding hydrogens is 355 g/mol. The Hall–Kier alpha value is -2.41. The number of nitrogens with one attached hydrogen (secondary N) is 1. The summed E-state index contributed by atoms with van der Waals surface area (Å²) in [5.74, 6) is -0.768. The molecule has 0 bridgehead atoms. The lowest BCUT2D eigenvalue weighted by Gasteiger charge is -2.17. The number of carbonyl (C=O) groups excluding carboxylic acids is 1. The van der Waals surface area contributed by atoms with Gasteiger partial charge >= 0.3 is 0 Å². The van der Waals surface area contributed by atoms with Crippen LogP contribution in [0.5, 0.6) is 0 Å². The van der Waals surface area contributed by atoms with Gasteiger partial charge in [-0.2, -0.15) is 0 Å². The van der Waals surface area contributed by atoms with E-state index in [0.717, 1.165) is 18.9 Å². The van der Waals surface area contributed by atoms with E-state index in [1.807, 2.05) is 6.92 Å². The SMILES string of the molecule is CCCCN(C)C(=O)c1cccc(NS(=O)(=O)c2ccc(C)c(F)c2)c1. The number of hydrogen-bond acceptors (Lipinski definition) is 3. The van der Waals surface area contributed by atoms with E-state index in [4.69, 9.17) is 0 Å². The number of anilines is 1. The zero-order valence-electron chi connectivity index (χ0n) is 15.1. The lowest BCUT2D eigenvalue weighted by molar-refractivity contribution is 0.0793. The van der Waals surface area contributed by atoms with E-state index in [0.29, 0.717) is 17.7 Å². The van der Waals surface area contributed by atoms with E-state index in [9.17, 15) is 17.6 Å². The van der Waals surface area contributed by atoms with Gasteiger partial charge < -0.3 is 4.90 Å². The van der Waals surface area contributed by atoms with E-state index in [1.165, 1.54) is 18.2 Å². The Morgan fingerprint density at radius 1 is 1.19 bits per heavy atom. The summed E-state index contributed by atoms with van der Waals surface area (Å²) < 4.78 is 41.0. The van der Waals surface area contributed by atoms with Crippen molar-refractivity contribution in [2.45, 2.75) is 31.6 Å². The quantitative estimate of drug-likeness (QED) is 0.797. The van der Waals surface area contributed by atoms with Crippen LogP contribution in [0.1, 0.15) is 35.7 Å². The Morgan fingerprint density at radius 2 is 1.92 bits per heavy atom. The smallest absolute Gasteiger partial charge is 0.261 e. The second-order valence-electron chi connectivity index (χ2n) is 6.18. The van der Waals surface area contributed by atoms with Crippen molar-refractivity contribution in [2.75, 3.05) is 18.3 Å². The molecule has 0 aliphatic heterocycles. The minimum absolute atomic E-state index is 0.169. The van der Waals surface area contributed by atoms with Gasteiger partial charge in [-0.25, -0.2) is 12.8 Å². The van der Waals surface area contributed by atoms with Gasteiger partial charge in [0.2, 0.25) is 0 Å². The number of amides is 1. The van der Waals surface area contributed by atoms with E-state index >= 15 is 0 Å². The summed E-state index contributed by atoms with van der Waals surface area (Å²) in [4.78, 5) is 13.9.